The van der Waals surface area contributed by atoms with Gasteiger partial charge in [0.15, 0.2) is 0 Å². The van der Waals surface area contributed by atoms with Gasteiger partial charge >= 0.3 is 0 Å². The van der Waals surface area contributed by atoms with Crippen LogP contribution in [0.5, 0.6) is 0 Å². The summed E-state index contributed by atoms with van der Waals surface area (Å²) in [5.74, 6) is 0. The van der Waals surface area contributed by atoms with Crippen LogP contribution < -0.4 is 5.32 Å². The minimum atomic E-state index is 0.935. The van der Waals surface area contributed by atoms with Crippen LogP contribution in [0, 0.1) is 6.58 Å². The summed E-state index contributed by atoms with van der Waals surface area (Å²) < 4.78 is 0. The van der Waals surface area contributed by atoms with E-state index in [4.69, 9.17) is 6.58 Å². The molecule has 0 atom stereocenters. The molecule has 12 heavy (non-hydrogen) atoms. The van der Waals surface area contributed by atoms with Gasteiger partial charge in [-0.3, -0.25) is 5.32 Å². The summed E-state index contributed by atoms with van der Waals surface area (Å²) in [7, 11) is 0. The quantitative estimate of drug-likeness (QED) is 0.405. The molecular formula is C11H17N. The van der Waals surface area contributed by atoms with Crippen LogP contribution in [0.15, 0.2) is 30.5 Å². The molecular weight excluding hydrogens is 146 g/mol. The maximum absolute atomic E-state index is 5.13. The lowest BCUT2D eigenvalue weighted by Gasteiger charge is -1.94. The second-order valence-corrected chi connectivity index (χ2v) is 2.53. The lowest BCUT2D eigenvalue weighted by atomic mass is 10.2. The molecule has 0 amide bonds. The van der Waals surface area contributed by atoms with E-state index >= 15 is 0 Å². The van der Waals surface area contributed by atoms with Crippen LogP contribution in [-0.4, -0.2) is 6.54 Å². The van der Waals surface area contributed by atoms with Crippen LogP contribution in [0.2, 0.25) is 0 Å². The van der Waals surface area contributed by atoms with Crippen molar-refractivity contribution in [1.82, 2.24) is 5.32 Å². The smallest absolute Gasteiger partial charge is 0.0389 e. The van der Waals surface area contributed by atoms with Crippen LogP contribution in [0.3, 0.4) is 0 Å². The van der Waals surface area contributed by atoms with Gasteiger partial charge < -0.3 is 0 Å². The van der Waals surface area contributed by atoms with E-state index in [1.54, 1.807) is 6.08 Å². The molecule has 1 heteroatoms. The Morgan fingerprint density at radius 3 is 2.67 bits per heavy atom. The first-order valence-corrected chi connectivity index (χ1v) is 4.45. The molecule has 1 nitrogen and oxygen atoms in total. The normalized spacial score (nSPS) is 11.1. The Morgan fingerprint density at radius 2 is 2.00 bits per heavy atom. The van der Waals surface area contributed by atoms with Crippen molar-refractivity contribution in [3.63, 3.8) is 0 Å². The van der Waals surface area contributed by atoms with Crippen LogP contribution in [0.4, 0.5) is 0 Å². The molecule has 2 radical (unpaired) electrons. The monoisotopic (exact) mass is 163 g/mol. The molecule has 0 aromatic carbocycles. The van der Waals surface area contributed by atoms with Crippen molar-refractivity contribution in [1.29, 1.82) is 0 Å². The van der Waals surface area contributed by atoms with Gasteiger partial charge in [0.1, 0.15) is 0 Å². The van der Waals surface area contributed by atoms with Gasteiger partial charge in [-0.15, -0.1) is 0 Å². The first-order valence-electron chi connectivity index (χ1n) is 4.45. The molecule has 0 heterocycles. The lowest BCUT2D eigenvalue weighted by molar-refractivity contribution is 0.677. The highest BCUT2D eigenvalue weighted by molar-refractivity contribution is 5.07. The fraction of sp³-hybridized carbons (Fsp3) is 0.455. The van der Waals surface area contributed by atoms with Crippen molar-refractivity contribution in [3.05, 3.63) is 37.1 Å². The van der Waals surface area contributed by atoms with Crippen molar-refractivity contribution >= 4 is 0 Å². The number of allylic oxidation sites excluding steroid dienone is 4. The van der Waals surface area contributed by atoms with E-state index in [2.05, 4.69) is 12.2 Å². The number of hydrogen-bond acceptors (Lipinski definition) is 0. The molecule has 0 aromatic rings. The predicted molar refractivity (Wildman–Crippen MR) is 53.7 cm³/mol. The maximum atomic E-state index is 5.13. The third-order valence-corrected chi connectivity index (χ3v) is 1.42. The van der Waals surface area contributed by atoms with Gasteiger partial charge in [0, 0.05) is 12.7 Å². The molecule has 0 aliphatic rings. The molecule has 0 bridgehead atoms. The van der Waals surface area contributed by atoms with Gasteiger partial charge in [-0.1, -0.05) is 44.6 Å². The highest BCUT2D eigenvalue weighted by atomic mass is 14.8. The first-order chi connectivity index (χ1) is 5.91. The molecule has 0 saturated carbocycles. The summed E-state index contributed by atoms with van der Waals surface area (Å²) in [6, 6.07) is 0. The maximum Gasteiger partial charge on any atom is 0.0389 e. The van der Waals surface area contributed by atoms with E-state index in [1.165, 1.54) is 25.3 Å². The van der Waals surface area contributed by atoms with Gasteiger partial charge in [0.2, 0.25) is 0 Å². The molecule has 66 valence electrons. The number of unbranched alkanes of at least 4 members (excludes halogenated alkanes) is 2. The van der Waals surface area contributed by atoms with E-state index in [0.29, 0.717) is 0 Å². The second-order valence-electron chi connectivity index (χ2n) is 2.53. The second kappa shape index (κ2) is 10.0. The molecule has 0 aliphatic heterocycles. The zero-order chi connectivity index (χ0) is 9.07. The largest absolute Gasteiger partial charge is 0.293 e. The molecule has 0 aromatic heterocycles. The SMILES string of the molecule is [CH]=CC=CC=C[N]CCCCC. The number of hydrogen-bond donors (Lipinski definition) is 0. The van der Waals surface area contributed by atoms with Crippen LogP contribution in [0.25, 0.3) is 0 Å². The standard InChI is InChI=1S/C11H17N/c1-3-5-7-9-11-12-10-8-6-4-2/h1,3,5,7,9,11H,4,6,8,10H2,2H3. The molecule has 0 saturated heterocycles. The molecule has 0 unspecified atom stereocenters. The molecule has 0 aliphatic carbocycles. The predicted octanol–water partition coefficient (Wildman–Crippen LogP) is 2.84. The van der Waals surface area contributed by atoms with E-state index in [1.807, 2.05) is 18.4 Å². The Labute approximate surface area is 75.9 Å². The molecule has 0 fully saturated rings. The summed E-state index contributed by atoms with van der Waals surface area (Å²) in [5, 5.41) is 4.19. The molecule has 0 rings (SSSR count). The zero-order valence-electron chi connectivity index (χ0n) is 7.74. The van der Waals surface area contributed by atoms with Crippen molar-refractivity contribution in [3.8, 4) is 0 Å². The third kappa shape index (κ3) is 9.02. The van der Waals surface area contributed by atoms with Crippen molar-refractivity contribution < 1.29 is 0 Å². The summed E-state index contributed by atoms with van der Waals surface area (Å²) >= 11 is 0. The Morgan fingerprint density at radius 1 is 1.17 bits per heavy atom. The number of rotatable bonds is 7. The van der Waals surface area contributed by atoms with Gasteiger partial charge in [-0.25, -0.2) is 0 Å². The Bertz CT molecular complexity index is 145. The van der Waals surface area contributed by atoms with Crippen molar-refractivity contribution in [2.75, 3.05) is 6.54 Å². The number of nitrogens with zero attached hydrogens (tertiary/aromatic N) is 1. The summed E-state index contributed by atoms with van der Waals surface area (Å²) in [4.78, 5) is 0. The van der Waals surface area contributed by atoms with Gasteiger partial charge in [-0.05, 0) is 12.5 Å². The highest BCUT2D eigenvalue weighted by Gasteiger charge is 1.82. The topological polar surface area (TPSA) is 14.1 Å². The fourth-order valence-corrected chi connectivity index (χ4v) is 0.766. The van der Waals surface area contributed by atoms with E-state index in [-0.39, 0.29) is 0 Å². The summed E-state index contributed by atoms with van der Waals surface area (Å²) in [6.45, 7) is 8.26. The average molecular weight is 163 g/mol. The zero-order valence-corrected chi connectivity index (χ0v) is 7.74. The summed E-state index contributed by atoms with van der Waals surface area (Å²) in [6.07, 6.45) is 12.5. The van der Waals surface area contributed by atoms with Crippen molar-refractivity contribution in [2.24, 2.45) is 0 Å². The lowest BCUT2D eigenvalue weighted by Crippen LogP contribution is -1.97. The Kier molecular flexibility index (Phi) is 9.20. The van der Waals surface area contributed by atoms with Crippen LogP contribution in [-0.2, 0) is 0 Å². The highest BCUT2D eigenvalue weighted by Crippen LogP contribution is 1.91. The average Bonchev–Trinajstić information content (AvgIpc) is 2.10. The minimum absolute atomic E-state index is 0.935. The molecule has 0 spiro atoms. The Hall–Kier alpha value is -0.980. The molecule has 0 N–H and O–H groups in total. The van der Waals surface area contributed by atoms with Crippen molar-refractivity contribution in [2.45, 2.75) is 26.2 Å². The van der Waals surface area contributed by atoms with Gasteiger partial charge in [-0.2, -0.15) is 0 Å². The fourth-order valence-electron chi connectivity index (χ4n) is 0.766. The van der Waals surface area contributed by atoms with Gasteiger partial charge in [0.25, 0.3) is 0 Å². The minimum Gasteiger partial charge on any atom is -0.293 e. The third-order valence-electron chi connectivity index (χ3n) is 1.42. The Balaban J connectivity index is 3.13. The first kappa shape index (κ1) is 11.0. The van der Waals surface area contributed by atoms with Crippen LogP contribution in [0.1, 0.15) is 26.2 Å². The van der Waals surface area contributed by atoms with E-state index in [0.717, 1.165) is 6.54 Å². The summed E-state index contributed by atoms with van der Waals surface area (Å²) in [5.41, 5.74) is 0. The van der Waals surface area contributed by atoms with E-state index < -0.39 is 0 Å². The van der Waals surface area contributed by atoms with E-state index in [9.17, 15) is 0 Å². The van der Waals surface area contributed by atoms with Gasteiger partial charge in [0.05, 0.1) is 0 Å². The van der Waals surface area contributed by atoms with Crippen LogP contribution >= 0.6 is 0 Å².